The second kappa shape index (κ2) is 11.3. The van der Waals surface area contributed by atoms with Crippen LogP contribution >= 0.6 is 0 Å². The summed E-state index contributed by atoms with van der Waals surface area (Å²) in [7, 11) is 0. The summed E-state index contributed by atoms with van der Waals surface area (Å²) in [5.74, 6) is -1.17. The van der Waals surface area contributed by atoms with Crippen LogP contribution in [0.4, 0.5) is 0 Å². The molecule has 0 aliphatic heterocycles. The van der Waals surface area contributed by atoms with E-state index in [4.69, 9.17) is 10.1 Å². The molecule has 1 aliphatic carbocycles. The van der Waals surface area contributed by atoms with Crippen molar-refractivity contribution in [3.05, 3.63) is 89.7 Å². The Bertz CT molecular complexity index is 1210. The number of rotatable bonds is 5. The van der Waals surface area contributed by atoms with Gasteiger partial charge in [-0.2, -0.15) is 0 Å². The number of ketones is 1. The van der Waals surface area contributed by atoms with Gasteiger partial charge in [0.15, 0.2) is 5.78 Å². The minimum atomic E-state index is -0.594. The fourth-order valence-electron chi connectivity index (χ4n) is 3.03. The molecule has 0 amide bonds. The number of hydrogen-bond donors (Lipinski definition) is 1. The van der Waals surface area contributed by atoms with Crippen molar-refractivity contribution in [3.63, 3.8) is 0 Å². The van der Waals surface area contributed by atoms with Gasteiger partial charge in [-0.05, 0) is 36.7 Å². The molecule has 1 heterocycles. The maximum atomic E-state index is 10.8. The molecular formula is C26H22IrNO4-. The molecule has 32 heavy (non-hydrogen) atoms. The van der Waals surface area contributed by atoms with E-state index in [9.17, 15) is 9.59 Å². The van der Waals surface area contributed by atoms with Crippen molar-refractivity contribution in [2.45, 2.75) is 13.8 Å². The van der Waals surface area contributed by atoms with E-state index in [1.165, 1.54) is 30.4 Å². The molecule has 1 N–H and O–H groups in total. The number of esters is 1. The average molecular weight is 605 g/mol. The minimum absolute atomic E-state index is 0. The van der Waals surface area contributed by atoms with Crippen LogP contribution in [-0.2, 0) is 34.4 Å². The van der Waals surface area contributed by atoms with Gasteiger partial charge in [0, 0.05) is 37.1 Å². The smallest absolute Gasteiger partial charge is 0.333 e. The number of pyridine rings is 1. The summed E-state index contributed by atoms with van der Waals surface area (Å²) in [5, 5.41) is 10.2. The second-order valence-electron chi connectivity index (χ2n) is 7.05. The normalized spacial score (nSPS) is 11.2. The fourth-order valence-corrected chi connectivity index (χ4v) is 3.03. The molecule has 2 aromatic carbocycles. The maximum Gasteiger partial charge on any atom is 0.333 e. The number of aliphatic hydroxyl groups excluding tert-OH is 1. The van der Waals surface area contributed by atoms with Crippen LogP contribution in [0.3, 0.4) is 0 Å². The molecule has 0 saturated carbocycles. The number of carbonyl (C=O) groups excluding carboxylic acids is 2. The molecule has 0 atom stereocenters. The molecule has 1 radical (unpaired) electrons. The van der Waals surface area contributed by atoms with Gasteiger partial charge >= 0.3 is 5.97 Å². The number of aromatic nitrogens is 1. The molecule has 0 saturated heterocycles. The van der Waals surface area contributed by atoms with E-state index >= 15 is 0 Å². The Morgan fingerprint density at radius 2 is 1.88 bits per heavy atom. The van der Waals surface area contributed by atoms with Gasteiger partial charge in [-0.15, -0.1) is 35.9 Å². The zero-order valence-corrected chi connectivity index (χ0v) is 20.1. The summed E-state index contributed by atoms with van der Waals surface area (Å²) in [6.45, 7) is 5.83. The van der Waals surface area contributed by atoms with Crippen LogP contribution in [-0.4, -0.2) is 28.4 Å². The third-order valence-electron chi connectivity index (χ3n) is 4.39. The third kappa shape index (κ3) is 6.33. The van der Waals surface area contributed by atoms with Crippen molar-refractivity contribution in [2.24, 2.45) is 0 Å². The Hall–Kier alpha value is -3.34. The first kappa shape index (κ1) is 24.9. The molecule has 5 nitrogen and oxygen atoms in total. The van der Waals surface area contributed by atoms with Gasteiger partial charge in [-0.1, -0.05) is 36.9 Å². The number of hydrogen-bond acceptors (Lipinski definition) is 5. The summed E-state index contributed by atoms with van der Waals surface area (Å²) in [6.07, 6.45) is 5.30. The number of carbonyl (C=O) groups is 2. The molecule has 1 aliphatic rings. The van der Waals surface area contributed by atoms with Crippen LogP contribution in [0.15, 0.2) is 72.5 Å². The van der Waals surface area contributed by atoms with E-state index in [0.29, 0.717) is 0 Å². The molecule has 0 fully saturated rings. The van der Waals surface area contributed by atoms with Crippen molar-refractivity contribution in [1.82, 2.24) is 4.98 Å². The predicted octanol–water partition coefficient (Wildman–Crippen LogP) is 5.32. The number of nitrogens with zero attached hydrogens (tertiary/aromatic N) is 1. The Labute approximate surface area is 200 Å². The zero-order chi connectivity index (χ0) is 22.4. The Morgan fingerprint density at radius 3 is 2.53 bits per heavy atom. The van der Waals surface area contributed by atoms with Crippen molar-refractivity contribution < 1.29 is 39.5 Å². The van der Waals surface area contributed by atoms with Crippen molar-refractivity contribution in [2.75, 3.05) is 6.61 Å². The topological polar surface area (TPSA) is 76.5 Å². The van der Waals surface area contributed by atoms with Crippen LogP contribution in [0.5, 0.6) is 0 Å². The van der Waals surface area contributed by atoms with Crippen molar-refractivity contribution in [3.8, 4) is 11.3 Å². The summed E-state index contributed by atoms with van der Waals surface area (Å²) in [6, 6.07) is 19.6. The van der Waals surface area contributed by atoms with Crippen LogP contribution in [0, 0.1) is 6.07 Å². The van der Waals surface area contributed by atoms with E-state index < -0.39 is 5.97 Å². The first-order valence-corrected chi connectivity index (χ1v) is 9.67. The average Bonchev–Trinajstić information content (AvgIpc) is 3.17. The molecule has 0 bridgehead atoms. The number of benzene rings is 2. The Kier molecular flexibility index (Phi) is 8.82. The van der Waals surface area contributed by atoms with Crippen LogP contribution in [0.2, 0.25) is 0 Å². The third-order valence-corrected chi connectivity index (χ3v) is 4.39. The Balaban J connectivity index is 0.000000234. The molecule has 6 heteroatoms. The standard InChI is InChI=1S/C17H10N.C9H12O4.Ir/c1-2-5-12(6-3-1)16-11-14-10-9-13-7-4-8-15(18-16)17(13)14;1-6(2)9(12)13-5-8(11)4-7(3)10;/h1-5,7-11H;4,11H,1,5H2,2-3H3;/q-1;;/b;8-4-;. The number of allylic oxidation sites excluding steroid dienone is 1. The molecule has 165 valence electrons. The van der Waals surface area contributed by atoms with Gasteiger partial charge in [0.05, 0.1) is 5.52 Å². The summed E-state index contributed by atoms with van der Waals surface area (Å²) >= 11 is 0. The van der Waals surface area contributed by atoms with Crippen LogP contribution < -0.4 is 0 Å². The maximum absolute atomic E-state index is 10.8. The SMILES string of the molecule is C=C(C)C(=O)OC/C(O)=C/C(C)=O.[Ir].[c-]1ccccc1-c1cc2c3c(cccc3n1)C=C2. The summed E-state index contributed by atoms with van der Waals surface area (Å²) in [5.41, 5.74) is 5.85. The predicted molar refractivity (Wildman–Crippen MR) is 122 cm³/mol. The number of aliphatic hydroxyl groups is 1. The molecular weight excluding hydrogens is 583 g/mol. The van der Waals surface area contributed by atoms with E-state index in [1.807, 2.05) is 24.3 Å². The Morgan fingerprint density at radius 1 is 1.12 bits per heavy atom. The number of ether oxygens (including phenoxy) is 1. The van der Waals surface area contributed by atoms with Gasteiger partial charge in [0.2, 0.25) is 0 Å². The van der Waals surface area contributed by atoms with Gasteiger partial charge < -0.3 is 9.84 Å². The van der Waals surface area contributed by atoms with Crippen molar-refractivity contribution in [1.29, 1.82) is 0 Å². The van der Waals surface area contributed by atoms with Crippen LogP contribution in [0.1, 0.15) is 25.0 Å². The van der Waals surface area contributed by atoms with E-state index in [2.05, 4.69) is 53.8 Å². The zero-order valence-electron chi connectivity index (χ0n) is 17.7. The molecule has 3 aromatic rings. The first-order chi connectivity index (χ1) is 14.8. The van der Waals surface area contributed by atoms with E-state index in [1.54, 1.807) is 0 Å². The second-order valence-corrected chi connectivity index (χ2v) is 7.05. The van der Waals surface area contributed by atoms with Gasteiger partial charge in [-0.3, -0.25) is 9.78 Å². The van der Waals surface area contributed by atoms with Crippen molar-refractivity contribution >= 4 is 34.8 Å². The molecule has 0 unspecified atom stereocenters. The van der Waals surface area contributed by atoms with Gasteiger partial charge in [0.1, 0.15) is 12.4 Å². The summed E-state index contributed by atoms with van der Waals surface area (Å²) < 4.78 is 4.56. The monoisotopic (exact) mass is 605 g/mol. The van der Waals surface area contributed by atoms with E-state index in [0.717, 1.165) is 22.9 Å². The van der Waals surface area contributed by atoms with Gasteiger partial charge in [0.25, 0.3) is 0 Å². The largest absolute Gasteiger partial charge is 0.509 e. The molecule has 4 rings (SSSR count). The van der Waals surface area contributed by atoms with Gasteiger partial charge in [-0.25, -0.2) is 4.79 Å². The van der Waals surface area contributed by atoms with E-state index in [-0.39, 0.29) is 43.8 Å². The first-order valence-electron chi connectivity index (χ1n) is 9.67. The molecule has 0 spiro atoms. The van der Waals surface area contributed by atoms with Crippen LogP contribution in [0.25, 0.3) is 34.3 Å². The minimum Gasteiger partial charge on any atom is -0.509 e. The summed E-state index contributed by atoms with van der Waals surface area (Å²) in [4.78, 5) is 26.0. The fraction of sp³-hybridized carbons (Fsp3) is 0.115. The quantitative estimate of drug-likeness (QED) is 0.145. The molecule has 1 aromatic heterocycles.